The van der Waals surface area contributed by atoms with E-state index in [1.165, 1.54) is 0 Å². The van der Waals surface area contributed by atoms with Gasteiger partial charge in [0.2, 0.25) is 0 Å². The highest BCUT2D eigenvalue weighted by atomic mass is 35.5. The summed E-state index contributed by atoms with van der Waals surface area (Å²) in [4.78, 5) is 0.367. The summed E-state index contributed by atoms with van der Waals surface area (Å²) in [5.41, 5.74) is 1.71. The van der Waals surface area contributed by atoms with Crippen LogP contribution in [0.15, 0.2) is 47.4 Å². The molecule has 0 fully saturated rings. The first-order valence-corrected chi connectivity index (χ1v) is 10.6. The lowest BCUT2D eigenvalue weighted by Gasteiger charge is -2.08. The van der Waals surface area contributed by atoms with Gasteiger partial charge in [0.1, 0.15) is 0 Å². The Morgan fingerprint density at radius 2 is 1.54 bits per heavy atom. The van der Waals surface area contributed by atoms with Crippen LogP contribution in [-0.2, 0) is 9.84 Å². The van der Waals surface area contributed by atoms with Gasteiger partial charge in [-0.15, -0.1) is 0 Å². The Bertz CT molecular complexity index is 768. The number of benzene rings is 2. The monoisotopic (exact) mass is 384 g/mol. The van der Waals surface area contributed by atoms with Crippen LogP contribution in [-0.4, -0.2) is 14.2 Å². The molecular formula is C19H22Cl2O2S. The minimum Gasteiger partial charge on any atom is -0.224 e. The van der Waals surface area contributed by atoms with Crippen molar-refractivity contribution in [2.75, 3.05) is 5.75 Å². The highest BCUT2D eigenvalue weighted by molar-refractivity contribution is 7.91. The Kier molecular flexibility index (Phi) is 7.15. The van der Waals surface area contributed by atoms with Crippen molar-refractivity contribution in [3.8, 4) is 11.1 Å². The molecule has 5 heteroatoms. The molecule has 2 aromatic carbocycles. The first-order chi connectivity index (χ1) is 11.4. The molecule has 0 saturated carbocycles. The molecule has 0 unspecified atom stereocenters. The molecule has 2 nitrogen and oxygen atoms in total. The summed E-state index contributed by atoms with van der Waals surface area (Å²) in [6, 6.07) is 12.2. The topological polar surface area (TPSA) is 34.1 Å². The van der Waals surface area contributed by atoms with E-state index >= 15 is 0 Å². The molecule has 0 radical (unpaired) electrons. The highest BCUT2D eigenvalue weighted by Crippen LogP contribution is 2.31. The fourth-order valence-electron chi connectivity index (χ4n) is 2.58. The van der Waals surface area contributed by atoms with Crippen LogP contribution < -0.4 is 0 Å². The molecule has 24 heavy (non-hydrogen) atoms. The third kappa shape index (κ3) is 5.23. The fraction of sp³-hybridized carbons (Fsp3) is 0.368. The van der Waals surface area contributed by atoms with Crippen LogP contribution in [0.2, 0.25) is 10.0 Å². The normalized spacial score (nSPS) is 11.6. The third-order valence-electron chi connectivity index (χ3n) is 3.97. The molecule has 0 aromatic heterocycles. The van der Waals surface area contributed by atoms with Gasteiger partial charge in [-0.3, -0.25) is 0 Å². The average Bonchev–Trinajstić information content (AvgIpc) is 2.55. The van der Waals surface area contributed by atoms with Crippen molar-refractivity contribution in [3.63, 3.8) is 0 Å². The SMILES string of the molecule is CCCCCCCS(=O)(=O)c1ccc(-c2ccc(Cl)cc2Cl)cc1. The Hall–Kier alpha value is -1.03. The summed E-state index contributed by atoms with van der Waals surface area (Å²) < 4.78 is 24.8. The zero-order valence-corrected chi connectivity index (χ0v) is 16.1. The van der Waals surface area contributed by atoms with Crippen molar-refractivity contribution in [3.05, 3.63) is 52.5 Å². The number of unbranched alkanes of at least 4 members (excludes halogenated alkanes) is 4. The Balaban J connectivity index is 2.08. The van der Waals surface area contributed by atoms with E-state index in [0.717, 1.165) is 36.8 Å². The van der Waals surface area contributed by atoms with Crippen LogP contribution in [0.5, 0.6) is 0 Å². The summed E-state index contributed by atoms with van der Waals surface area (Å²) in [7, 11) is -3.22. The van der Waals surface area contributed by atoms with Gasteiger partial charge in [0.25, 0.3) is 0 Å². The van der Waals surface area contributed by atoms with Crippen molar-refractivity contribution in [2.24, 2.45) is 0 Å². The maximum Gasteiger partial charge on any atom is 0.178 e. The zero-order chi connectivity index (χ0) is 17.6. The summed E-state index contributed by atoms with van der Waals surface area (Å²) >= 11 is 12.1. The minimum atomic E-state index is -3.22. The van der Waals surface area contributed by atoms with E-state index in [1.807, 2.05) is 6.07 Å². The van der Waals surface area contributed by atoms with Crippen molar-refractivity contribution >= 4 is 33.0 Å². The third-order valence-corrected chi connectivity index (χ3v) is 6.34. The van der Waals surface area contributed by atoms with Crippen LogP contribution in [0.3, 0.4) is 0 Å². The molecule has 0 spiro atoms. The van der Waals surface area contributed by atoms with E-state index in [-0.39, 0.29) is 5.75 Å². The molecule has 0 N–H and O–H groups in total. The maximum atomic E-state index is 12.4. The predicted octanol–water partition coefficient (Wildman–Crippen LogP) is 6.40. The second-order valence-corrected chi connectivity index (χ2v) is 8.83. The first-order valence-electron chi connectivity index (χ1n) is 8.22. The van der Waals surface area contributed by atoms with Crippen molar-refractivity contribution in [1.82, 2.24) is 0 Å². The molecule has 0 saturated heterocycles. The Labute approximate surface area is 154 Å². The van der Waals surface area contributed by atoms with Crippen LogP contribution >= 0.6 is 23.2 Å². The Morgan fingerprint density at radius 3 is 2.17 bits per heavy atom. The highest BCUT2D eigenvalue weighted by Gasteiger charge is 2.14. The van der Waals surface area contributed by atoms with E-state index in [0.29, 0.717) is 21.4 Å². The zero-order valence-electron chi connectivity index (χ0n) is 13.8. The molecule has 0 aliphatic heterocycles. The van der Waals surface area contributed by atoms with E-state index in [4.69, 9.17) is 23.2 Å². The maximum absolute atomic E-state index is 12.4. The fourth-order valence-corrected chi connectivity index (χ4v) is 4.47. The van der Waals surface area contributed by atoms with Gasteiger partial charge in [-0.05, 0) is 36.2 Å². The summed E-state index contributed by atoms with van der Waals surface area (Å²) in [6.07, 6.45) is 5.09. The summed E-state index contributed by atoms with van der Waals surface area (Å²) in [5, 5.41) is 1.13. The number of sulfone groups is 1. The summed E-state index contributed by atoms with van der Waals surface area (Å²) in [6.45, 7) is 2.14. The average molecular weight is 385 g/mol. The van der Waals surface area contributed by atoms with Gasteiger partial charge in [-0.2, -0.15) is 0 Å². The van der Waals surface area contributed by atoms with Gasteiger partial charge in [-0.1, -0.05) is 74.0 Å². The van der Waals surface area contributed by atoms with Gasteiger partial charge in [0.05, 0.1) is 10.6 Å². The quantitative estimate of drug-likeness (QED) is 0.493. The van der Waals surface area contributed by atoms with Crippen LogP contribution in [0, 0.1) is 0 Å². The van der Waals surface area contributed by atoms with Crippen LogP contribution in [0.4, 0.5) is 0 Å². The molecule has 0 amide bonds. The number of hydrogen-bond donors (Lipinski definition) is 0. The van der Waals surface area contributed by atoms with Crippen molar-refractivity contribution in [2.45, 2.75) is 43.9 Å². The molecule has 0 aliphatic rings. The predicted molar refractivity (Wildman–Crippen MR) is 103 cm³/mol. The van der Waals surface area contributed by atoms with Gasteiger partial charge in [-0.25, -0.2) is 8.42 Å². The number of hydrogen-bond acceptors (Lipinski definition) is 2. The van der Waals surface area contributed by atoms with Crippen molar-refractivity contribution < 1.29 is 8.42 Å². The van der Waals surface area contributed by atoms with Gasteiger partial charge >= 0.3 is 0 Å². The lowest BCUT2D eigenvalue weighted by Crippen LogP contribution is -2.06. The molecule has 0 heterocycles. The molecule has 2 rings (SSSR count). The second kappa shape index (κ2) is 8.89. The van der Waals surface area contributed by atoms with Crippen LogP contribution in [0.1, 0.15) is 39.0 Å². The second-order valence-electron chi connectivity index (χ2n) is 5.88. The molecule has 0 aliphatic carbocycles. The van der Waals surface area contributed by atoms with E-state index in [1.54, 1.807) is 36.4 Å². The number of halogens is 2. The lowest BCUT2D eigenvalue weighted by molar-refractivity contribution is 0.587. The van der Waals surface area contributed by atoms with Gasteiger partial charge < -0.3 is 0 Å². The van der Waals surface area contributed by atoms with Gasteiger partial charge in [0, 0.05) is 15.6 Å². The smallest absolute Gasteiger partial charge is 0.178 e. The lowest BCUT2D eigenvalue weighted by atomic mass is 10.1. The molecule has 0 bridgehead atoms. The molecule has 2 aromatic rings. The minimum absolute atomic E-state index is 0.206. The molecule has 0 atom stereocenters. The summed E-state index contributed by atoms with van der Waals surface area (Å²) in [5.74, 6) is 0.206. The standard InChI is InChI=1S/C19H22Cl2O2S/c1-2-3-4-5-6-13-24(22,23)17-10-7-15(8-11-17)18-12-9-16(20)14-19(18)21/h7-12,14H,2-6,13H2,1H3. The Morgan fingerprint density at radius 1 is 0.875 bits per heavy atom. The van der Waals surface area contributed by atoms with E-state index < -0.39 is 9.84 Å². The first kappa shape index (κ1) is 19.3. The van der Waals surface area contributed by atoms with E-state index in [9.17, 15) is 8.42 Å². The number of rotatable bonds is 8. The largest absolute Gasteiger partial charge is 0.224 e. The van der Waals surface area contributed by atoms with E-state index in [2.05, 4.69) is 6.92 Å². The van der Waals surface area contributed by atoms with Gasteiger partial charge in [0.15, 0.2) is 9.84 Å². The van der Waals surface area contributed by atoms with Crippen LogP contribution in [0.25, 0.3) is 11.1 Å². The molecular weight excluding hydrogens is 363 g/mol. The van der Waals surface area contributed by atoms with Crippen molar-refractivity contribution in [1.29, 1.82) is 0 Å². The molecule has 130 valence electrons.